The van der Waals surface area contributed by atoms with Crippen LogP contribution in [0.25, 0.3) is 10.9 Å². The van der Waals surface area contributed by atoms with E-state index in [1.165, 1.54) is 34.5 Å². The van der Waals surface area contributed by atoms with Gasteiger partial charge in [-0.05, 0) is 37.3 Å². The number of benzene rings is 2. The van der Waals surface area contributed by atoms with Gasteiger partial charge in [-0.1, -0.05) is 36.0 Å². The number of rotatable bonds is 6. The van der Waals surface area contributed by atoms with Gasteiger partial charge in [0.2, 0.25) is 5.91 Å². The Hall–Kier alpha value is -2.93. The van der Waals surface area contributed by atoms with Crippen LogP contribution in [0.3, 0.4) is 0 Å². The number of fused-ring (bicyclic) bond motifs is 1. The van der Waals surface area contributed by atoms with Crippen LogP contribution in [0, 0.1) is 5.82 Å². The number of allylic oxidation sites excluding steroid dienone is 1. The zero-order valence-corrected chi connectivity index (χ0v) is 15.5. The van der Waals surface area contributed by atoms with Crippen molar-refractivity contribution in [2.75, 3.05) is 5.32 Å². The quantitative estimate of drug-likeness (QED) is 0.399. The molecule has 1 aromatic heterocycles. The first kappa shape index (κ1) is 18.8. The van der Waals surface area contributed by atoms with Crippen molar-refractivity contribution < 1.29 is 9.18 Å². The molecule has 0 radical (unpaired) electrons. The first-order chi connectivity index (χ1) is 13.0. The minimum atomic E-state index is -0.544. The Kier molecular flexibility index (Phi) is 5.71. The molecule has 3 aromatic rings. The summed E-state index contributed by atoms with van der Waals surface area (Å²) >= 11 is 1.17. The molecule has 0 saturated heterocycles. The Morgan fingerprint density at radius 3 is 2.85 bits per heavy atom. The number of anilines is 1. The minimum absolute atomic E-state index is 0.180. The molecule has 5 nitrogen and oxygen atoms in total. The second-order valence-electron chi connectivity index (χ2n) is 5.88. The maximum Gasteiger partial charge on any atom is 0.262 e. The normalized spacial score (nSPS) is 11.9. The maximum atomic E-state index is 13.3. The molecule has 7 heteroatoms. The number of halogens is 1. The Bertz CT molecular complexity index is 1060. The summed E-state index contributed by atoms with van der Waals surface area (Å²) < 4.78 is 14.8. The van der Waals surface area contributed by atoms with Crippen LogP contribution >= 0.6 is 11.8 Å². The highest BCUT2D eigenvalue weighted by Crippen LogP contribution is 2.24. The monoisotopic (exact) mass is 383 g/mol. The van der Waals surface area contributed by atoms with E-state index in [-0.39, 0.29) is 18.0 Å². The lowest BCUT2D eigenvalue weighted by Gasteiger charge is -2.15. The molecule has 0 aliphatic rings. The van der Waals surface area contributed by atoms with Crippen molar-refractivity contribution in [3.05, 3.63) is 77.4 Å². The van der Waals surface area contributed by atoms with Crippen molar-refractivity contribution in [1.29, 1.82) is 0 Å². The lowest BCUT2D eigenvalue weighted by atomic mass is 10.2. The first-order valence-corrected chi connectivity index (χ1v) is 9.21. The van der Waals surface area contributed by atoms with E-state index in [0.717, 1.165) is 0 Å². The molecule has 0 aliphatic carbocycles. The Morgan fingerprint density at radius 1 is 1.33 bits per heavy atom. The van der Waals surface area contributed by atoms with Crippen molar-refractivity contribution in [3.63, 3.8) is 0 Å². The molecule has 1 amide bonds. The van der Waals surface area contributed by atoms with Crippen LogP contribution in [-0.2, 0) is 11.3 Å². The van der Waals surface area contributed by atoms with Crippen molar-refractivity contribution in [2.45, 2.75) is 23.9 Å². The van der Waals surface area contributed by atoms with Gasteiger partial charge in [0.25, 0.3) is 5.56 Å². The van der Waals surface area contributed by atoms with Crippen molar-refractivity contribution in [2.24, 2.45) is 0 Å². The minimum Gasteiger partial charge on any atom is -0.325 e. The summed E-state index contributed by atoms with van der Waals surface area (Å²) in [5.74, 6) is -0.734. The third-order valence-electron chi connectivity index (χ3n) is 3.88. The van der Waals surface area contributed by atoms with Crippen molar-refractivity contribution in [3.8, 4) is 0 Å². The van der Waals surface area contributed by atoms with Gasteiger partial charge < -0.3 is 5.32 Å². The third-order valence-corrected chi connectivity index (χ3v) is 4.97. The molecule has 1 unspecified atom stereocenters. The number of hydrogen-bond acceptors (Lipinski definition) is 4. The standard InChI is InChI=1S/C20H18FN3O2S/c1-3-11-24-19(26)16-9-4-5-10-17(16)23-20(24)27-13(2)18(25)22-15-8-6-7-14(21)12-15/h3-10,12-13H,1,11H2,2H3,(H,22,25). The largest absolute Gasteiger partial charge is 0.325 e. The van der Waals surface area contributed by atoms with Gasteiger partial charge in [-0.2, -0.15) is 0 Å². The fourth-order valence-electron chi connectivity index (χ4n) is 2.55. The fourth-order valence-corrected chi connectivity index (χ4v) is 3.47. The predicted octanol–water partition coefficient (Wildman–Crippen LogP) is 3.84. The molecule has 0 bridgehead atoms. The summed E-state index contributed by atoms with van der Waals surface area (Å²) in [5.41, 5.74) is 0.770. The van der Waals surface area contributed by atoms with E-state index in [1.807, 2.05) is 0 Å². The van der Waals surface area contributed by atoms with Gasteiger partial charge in [0.15, 0.2) is 5.16 Å². The fraction of sp³-hybridized carbons (Fsp3) is 0.150. The number of carbonyl (C=O) groups is 1. The molecule has 27 heavy (non-hydrogen) atoms. The number of hydrogen-bond donors (Lipinski definition) is 1. The molecule has 0 fully saturated rings. The van der Waals surface area contributed by atoms with Gasteiger partial charge in [-0.3, -0.25) is 14.2 Å². The number of para-hydroxylation sites is 1. The van der Waals surface area contributed by atoms with E-state index in [0.29, 0.717) is 21.7 Å². The number of thioether (sulfide) groups is 1. The van der Waals surface area contributed by atoms with Gasteiger partial charge in [-0.25, -0.2) is 9.37 Å². The summed E-state index contributed by atoms with van der Waals surface area (Å²) in [6, 6.07) is 12.8. The van der Waals surface area contributed by atoms with Crippen LogP contribution in [0.1, 0.15) is 6.92 Å². The highest BCUT2D eigenvalue weighted by molar-refractivity contribution is 8.00. The maximum absolute atomic E-state index is 13.3. The number of nitrogens with one attached hydrogen (secondary N) is 1. The number of nitrogens with zero attached hydrogens (tertiary/aromatic N) is 2. The summed E-state index contributed by atoms with van der Waals surface area (Å²) in [4.78, 5) is 29.7. The van der Waals surface area contributed by atoms with Gasteiger partial charge in [0.1, 0.15) is 5.82 Å². The lowest BCUT2D eigenvalue weighted by molar-refractivity contribution is -0.115. The second kappa shape index (κ2) is 8.18. The molecule has 1 heterocycles. The van der Waals surface area contributed by atoms with E-state index in [2.05, 4.69) is 16.9 Å². The zero-order chi connectivity index (χ0) is 19.4. The molecule has 0 aliphatic heterocycles. The van der Waals surface area contributed by atoms with Crippen molar-refractivity contribution >= 4 is 34.3 Å². The van der Waals surface area contributed by atoms with E-state index >= 15 is 0 Å². The zero-order valence-electron chi connectivity index (χ0n) is 14.7. The average molecular weight is 383 g/mol. The molecule has 0 saturated carbocycles. The van der Waals surface area contributed by atoms with E-state index < -0.39 is 11.1 Å². The van der Waals surface area contributed by atoms with E-state index in [9.17, 15) is 14.0 Å². The lowest BCUT2D eigenvalue weighted by Crippen LogP contribution is -2.26. The summed E-state index contributed by atoms with van der Waals surface area (Å²) in [6.07, 6.45) is 1.61. The van der Waals surface area contributed by atoms with Crippen LogP contribution in [0.4, 0.5) is 10.1 Å². The Morgan fingerprint density at radius 2 is 2.11 bits per heavy atom. The molecule has 1 N–H and O–H groups in total. The van der Waals surface area contributed by atoms with Crippen LogP contribution in [0.15, 0.2) is 71.1 Å². The molecule has 138 valence electrons. The Balaban J connectivity index is 1.88. The van der Waals surface area contributed by atoms with Crippen LogP contribution < -0.4 is 10.9 Å². The first-order valence-electron chi connectivity index (χ1n) is 8.33. The van der Waals surface area contributed by atoms with E-state index in [4.69, 9.17) is 0 Å². The topological polar surface area (TPSA) is 64.0 Å². The van der Waals surface area contributed by atoms with Gasteiger partial charge in [0.05, 0.1) is 16.2 Å². The van der Waals surface area contributed by atoms with Gasteiger partial charge >= 0.3 is 0 Å². The van der Waals surface area contributed by atoms with Crippen LogP contribution in [0.2, 0.25) is 0 Å². The molecule has 3 rings (SSSR count). The molecular formula is C20H18FN3O2S. The Labute approximate surface area is 159 Å². The molecular weight excluding hydrogens is 365 g/mol. The van der Waals surface area contributed by atoms with E-state index in [1.54, 1.807) is 43.3 Å². The number of amides is 1. The highest BCUT2D eigenvalue weighted by Gasteiger charge is 2.19. The van der Waals surface area contributed by atoms with Crippen LogP contribution in [0.5, 0.6) is 0 Å². The number of carbonyl (C=O) groups excluding carboxylic acids is 1. The molecule has 2 aromatic carbocycles. The number of aromatic nitrogens is 2. The summed E-state index contributed by atoms with van der Waals surface area (Å²) in [7, 11) is 0. The van der Waals surface area contributed by atoms with Crippen LogP contribution in [-0.4, -0.2) is 20.7 Å². The molecule has 0 spiro atoms. The predicted molar refractivity (Wildman–Crippen MR) is 107 cm³/mol. The van der Waals surface area contributed by atoms with Gasteiger partial charge in [-0.15, -0.1) is 6.58 Å². The highest BCUT2D eigenvalue weighted by atomic mass is 32.2. The van der Waals surface area contributed by atoms with Crippen molar-refractivity contribution in [1.82, 2.24) is 9.55 Å². The average Bonchev–Trinajstić information content (AvgIpc) is 2.65. The molecule has 1 atom stereocenters. The second-order valence-corrected chi connectivity index (χ2v) is 7.18. The smallest absolute Gasteiger partial charge is 0.262 e. The SMILES string of the molecule is C=CCn1c(SC(C)C(=O)Nc2cccc(F)c2)nc2ccccc2c1=O. The summed E-state index contributed by atoms with van der Waals surface area (Å²) in [6.45, 7) is 5.68. The van der Waals surface area contributed by atoms with Gasteiger partial charge in [0, 0.05) is 12.2 Å². The summed E-state index contributed by atoms with van der Waals surface area (Å²) in [5, 5.41) is 3.07. The third kappa shape index (κ3) is 4.25.